The quantitative estimate of drug-likeness (QED) is 0.606. The number of hydrogen-bond donors (Lipinski definition) is 0. The van der Waals surface area contributed by atoms with E-state index in [1.165, 1.54) is 0 Å². The molecule has 0 aromatic heterocycles. The third kappa shape index (κ3) is 2.99. The average Bonchev–Trinajstić information content (AvgIpc) is 2.99. The Morgan fingerprint density at radius 3 is 2.33 bits per heavy atom. The second-order valence-electron chi connectivity index (χ2n) is 4.43. The molecule has 0 radical (unpaired) electrons. The van der Waals surface area contributed by atoms with Crippen LogP contribution in [0.25, 0.3) is 0 Å². The predicted molar refractivity (Wildman–Crippen MR) is 76.0 cm³/mol. The summed E-state index contributed by atoms with van der Waals surface area (Å²) in [4.78, 5) is 0. The van der Waals surface area contributed by atoms with Crippen LogP contribution in [0.4, 0.5) is 0 Å². The first-order valence-corrected chi connectivity index (χ1v) is 6.74. The molecule has 5 heteroatoms. The molecule has 0 saturated carbocycles. The van der Waals surface area contributed by atoms with Crippen molar-refractivity contribution in [1.82, 2.24) is 0 Å². The molecule has 0 atom stereocenters. The van der Waals surface area contributed by atoms with E-state index in [1.807, 2.05) is 36.4 Å². The fourth-order valence-corrected chi connectivity index (χ4v) is 2.59. The number of benzene rings is 2. The summed E-state index contributed by atoms with van der Waals surface area (Å²) in [5.41, 5.74) is 1.67. The minimum absolute atomic E-state index is 0. The summed E-state index contributed by atoms with van der Waals surface area (Å²) in [5, 5.41) is 0.416. The van der Waals surface area contributed by atoms with Gasteiger partial charge in [-0.2, -0.15) is 12.1 Å². The molecule has 3 rings (SSSR count). The van der Waals surface area contributed by atoms with Crippen LogP contribution in [-0.2, 0) is 15.3 Å². The van der Waals surface area contributed by atoms with Crippen LogP contribution >= 0.6 is 11.6 Å². The van der Waals surface area contributed by atoms with E-state index in [-0.39, 0.29) is 18.9 Å². The van der Waals surface area contributed by atoms with Gasteiger partial charge in [0.05, 0.1) is 20.3 Å². The molecule has 2 aromatic rings. The Hall–Kier alpha value is -0.953. The SMILES string of the molecule is COc1ccc(C2(c3ccccc3)OCCO2)[c-]c1Cl.[Li+]. The van der Waals surface area contributed by atoms with Crippen molar-refractivity contribution in [2.24, 2.45) is 0 Å². The number of hydrogen-bond acceptors (Lipinski definition) is 3. The van der Waals surface area contributed by atoms with Crippen molar-refractivity contribution in [2.45, 2.75) is 5.79 Å². The molecule has 21 heavy (non-hydrogen) atoms. The summed E-state index contributed by atoms with van der Waals surface area (Å²) < 4.78 is 16.9. The van der Waals surface area contributed by atoms with E-state index >= 15 is 0 Å². The van der Waals surface area contributed by atoms with E-state index < -0.39 is 5.79 Å². The zero-order valence-corrected chi connectivity index (χ0v) is 12.8. The van der Waals surface area contributed by atoms with Crippen molar-refractivity contribution in [1.29, 1.82) is 0 Å². The van der Waals surface area contributed by atoms with Crippen molar-refractivity contribution >= 4 is 11.6 Å². The molecule has 1 aliphatic heterocycles. The first kappa shape index (κ1) is 16.4. The molecule has 1 saturated heterocycles. The summed E-state index contributed by atoms with van der Waals surface area (Å²) in [6.07, 6.45) is 0. The number of ether oxygens (including phenoxy) is 3. The topological polar surface area (TPSA) is 27.7 Å². The Morgan fingerprint density at radius 1 is 1.10 bits per heavy atom. The van der Waals surface area contributed by atoms with Gasteiger partial charge in [-0.25, -0.2) is 0 Å². The van der Waals surface area contributed by atoms with Gasteiger partial charge >= 0.3 is 18.9 Å². The summed E-state index contributed by atoms with van der Waals surface area (Å²) >= 11 is 6.17. The van der Waals surface area contributed by atoms with Crippen molar-refractivity contribution in [3.05, 3.63) is 64.7 Å². The van der Waals surface area contributed by atoms with Crippen molar-refractivity contribution in [2.75, 3.05) is 20.3 Å². The Labute approximate surface area is 141 Å². The molecule has 0 unspecified atom stereocenters. The van der Waals surface area contributed by atoms with Gasteiger partial charge in [0.1, 0.15) is 0 Å². The third-order valence-electron chi connectivity index (χ3n) is 3.28. The molecule has 0 bridgehead atoms. The maximum absolute atomic E-state index is 6.17. The molecule has 0 aliphatic carbocycles. The summed E-state index contributed by atoms with van der Waals surface area (Å²) in [6, 6.07) is 16.6. The maximum Gasteiger partial charge on any atom is 1.00 e. The van der Waals surface area contributed by atoms with Crippen molar-refractivity contribution in [3.8, 4) is 5.75 Å². The summed E-state index contributed by atoms with van der Waals surface area (Å²) in [6.45, 7) is 1.07. The predicted octanol–water partition coefficient (Wildman–Crippen LogP) is 0.401. The molecule has 104 valence electrons. The van der Waals surface area contributed by atoms with Gasteiger partial charge in [-0.15, -0.1) is 17.7 Å². The van der Waals surface area contributed by atoms with Crippen LogP contribution in [0.2, 0.25) is 5.02 Å². The molecule has 1 aliphatic rings. The van der Waals surface area contributed by atoms with Crippen LogP contribution in [0.5, 0.6) is 5.75 Å². The fraction of sp³-hybridized carbons (Fsp3) is 0.250. The van der Waals surface area contributed by atoms with E-state index in [0.717, 1.165) is 11.1 Å². The van der Waals surface area contributed by atoms with Crippen LogP contribution in [0.15, 0.2) is 42.5 Å². The zero-order valence-electron chi connectivity index (χ0n) is 12.1. The van der Waals surface area contributed by atoms with Gasteiger partial charge in [-0.1, -0.05) is 35.9 Å². The minimum Gasteiger partial charge on any atom is -0.553 e. The molecule has 0 amide bonds. The smallest absolute Gasteiger partial charge is 0.553 e. The summed E-state index contributed by atoms with van der Waals surface area (Å²) in [7, 11) is 1.57. The van der Waals surface area contributed by atoms with Crippen LogP contribution in [0.1, 0.15) is 11.1 Å². The molecular weight excluding hydrogens is 283 g/mol. The van der Waals surface area contributed by atoms with Gasteiger partial charge < -0.3 is 14.2 Å². The second kappa shape index (κ2) is 6.87. The van der Waals surface area contributed by atoms with E-state index in [2.05, 4.69) is 6.07 Å². The monoisotopic (exact) mass is 296 g/mol. The molecule has 0 spiro atoms. The van der Waals surface area contributed by atoms with Crippen molar-refractivity contribution < 1.29 is 33.1 Å². The Morgan fingerprint density at radius 2 is 1.76 bits per heavy atom. The second-order valence-corrected chi connectivity index (χ2v) is 4.81. The standard InChI is InChI=1S/C16H14ClO3.Li/c1-18-15-8-7-13(11-14(15)17)16(19-9-10-20-16)12-5-3-2-4-6-12;/h2-8H,9-10H2,1H3;/q-1;+1. The van der Waals surface area contributed by atoms with Crippen LogP contribution in [-0.4, -0.2) is 20.3 Å². The Balaban J connectivity index is 0.00000161. The van der Waals surface area contributed by atoms with Crippen LogP contribution in [0, 0.1) is 6.07 Å². The van der Waals surface area contributed by atoms with Gasteiger partial charge in [-0.05, 0) is 5.02 Å². The Kier molecular flexibility index (Phi) is 5.37. The molecule has 3 nitrogen and oxygen atoms in total. The molecule has 1 fully saturated rings. The van der Waals surface area contributed by atoms with E-state index in [0.29, 0.717) is 24.0 Å². The van der Waals surface area contributed by atoms with Gasteiger partial charge in [0.25, 0.3) is 0 Å². The first-order chi connectivity index (χ1) is 9.76. The largest absolute Gasteiger partial charge is 1.00 e. The average molecular weight is 297 g/mol. The fourth-order valence-electron chi connectivity index (χ4n) is 2.35. The molecule has 0 N–H and O–H groups in total. The van der Waals surface area contributed by atoms with E-state index in [4.69, 9.17) is 25.8 Å². The third-order valence-corrected chi connectivity index (χ3v) is 3.57. The number of methoxy groups -OCH3 is 1. The van der Waals surface area contributed by atoms with Gasteiger partial charge in [0, 0.05) is 11.3 Å². The van der Waals surface area contributed by atoms with E-state index in [9.17, 15) is 0 Å². The molecular formula is C16H14ClLiO3. The van der Waals surface area contributed by atoms with Crippen LogP contribution in [0.3, 0.4) is 0 Å². The van der Waals surface area contributed by atoms with Gasteiger partial charge in [0.15, 0.2) is 5.79 Å². The van der Waals surface area contributed by atoms with Gasteiger partial charge in [0.2, 0.25) is 0 Å². The van der Waals surface area contributed by atoms with Gasteiger partial charge in [-0.3, -0.25) is 0 Å². The minimum atomic E-state index is -0.933. The maximum atomic E-state index is 6.17. The van der Waals surface area contributed by atoms with E-state index in [1.54, 1.807) is 13.2 Å². The zero-order chi connectivity index (χ0) is 14.0. The molecule has 1 heterocycles. The summed E-state index contributed by atoms with van der Waals surface area (Å²) in [5.74, 6) is -0.353. The van der Waals surface area contributed by atoms with Crippen LogP contribution < -0.4 is 23.6 Å². The van der Waals surface area contributed by atoms with Crippen molar-refractivity contribution in [3.63, 3.8) is 0 Å². The normalized spacial score (nSPS) is 16.3. The number of halogens is 1. The number of rotatable bonds is 3. The Bertz CT molecular complexity index is 598. The molecule has 2 aromatic carbocycles. The first-order valence-electron chi connectivity index (χ1n) is 6.36.